The van der Waals surface area contributed by atoms with Crippen molar-refractivity contribution in [2.24, 2.45) is 5.92 Å². The summed E-state index contributed by atoms with van der Waals surface area (Å²) >= 11 is 0. The standard InChI is InChI=1S/C20H29N3O8S2/c1-30-20(25)16-7-9-21(10-8-16)19(24)15-23(32(2,26)27)17-3-5-18(6-4-17)33(28,29)22-11-13-31-14-12-22/h3-6,16H,7-15H2,1-2H3. The lowest BCUT2D eigenvalue weighted by Crippen LogP contribution is -2.46. The van der Waals surface area contributed by atoms with Gasteiger partial charge >= 0.3 is 5.97 Å². The number of hydrogen-bond donors (Lipinski definition) is 0. The lowest BCUT2D eigenvalue weighted by atomic mass is 9.97. The maximum Gasteiger partial charge on any atom is 0.308 e. The number of nitrogens with zero attached hydrogens (tertiary/aromatic N) is 3. The molecule has 1 amide bonds. The minimum absolute atomic E-state index is 0.0396. The van der Waals surface area contributed by atoms with E-state index in [1.165, 1.54) is 40.6 Å². The van der Waals surface area contributed by atoms with E-state index >= 15 is 0 Å². The normalized spacial score (nSPS) is 18.7. The molecule has 0 spiro atoms. The van der Waals surface area contributed by atoms with Crippen molar-refractivity contribution in [3.8, 4) is 0 Å². The first-order chi connectivity index (χ1) is 15.5. The summed E-state index contributed by atoms with van der Waals surface area (Å²) in [4.78, 5) is 26.0. The number of amides is 1. The predicted molar refractivity (Wildman–Crippen MR) is 120 cm³/mol. The maximum atomic E-state index is 12.8. The molecule has 2 aliphatic rings. The average molecular weight is 504 g/mol. The second-order valence-electron chi connectivity index (χ2n) is 7.96. The molecule has 0 radical (unpaired) electrons. The third-order valence-corrected chi connectivity index (χ3v) is 8.85. The highest BCUT2D eigenvalue weighted by atomic mass is 32.2. The van der Waals surface area contributed by atoms with E-state index in [0.29, 0.717) is 39.1 Å². The number of sulfonamides is 2. The van der Waals surface area contributed by atoms with Gasteiger partial charge in [0.25, 0.3) is 0 Å². The number of piperidine rings is 1. The van der Waals surface area contributed by atoms with Gasteiger partial charge in [0.05, 0.1) is 43.1 Å². The minimum atomic E-state index is -3.81. The molecule has 2 fully saturated rings. The molecule has 13 heteroatoms. The Morgan fingerprint density at radius 2 is 1.61 bits per heavy atom. The lowest BCUT2D eigenvalue weighted by Gasteiger charge is -2.32. The molecule has 1 aromatic rings. The van der Waals surface area contributed by atoms with E-state index in [1.54, 1.807) is 0 Å². The molecule has 33 heavy (non-hydrogen) atoms. The number of benzene rings is 1. The number of esters is 1. The SMILES string of the molecule is COC(=O)C1CCN(C(=O)CN(c2ccc(S(=O)(=O)N3CCOCC3)cc2)S(C)(=O)=O)CC1. The van der Waals surface area contributed by atoms with Gasteiger partial charge in [-0.25, -0.2) is 16.8 Å². The van der Waals surface area contributed by atoms with E-state index in [2.05, 4.69) is 0 Å². The molecular formula is C20H29N3O8S2. The van der Waals surface area contributed by atoms with Crippen molar-refractivity contribution < 1.29 is 35.9 Å². The van der Waals surface area contributed by atoms with E-state index in [4.69, 9.17) is 9.47 Å². The molecule has 0 aliphatic carbocycles. The Kier molecular flexibility index (Phi) is 7.98. The highest BCUT2D eigenvalue weighted by Crippen LogP contribution is 2.24. The molecule has 2 heterocycles. The van der Waals surface area contributed by atoms with E-state index in [9.17, 15) is 26.4 Å². The van der Waals surface area contributed by atoms with Crippen LogP contribution in [0.15, 0.2) is 29.2 Å². The summed E-state index contributed by atoms with van der Waals surface area (Å²) in [7, 11) is -6.21. The quantitative estimate of drug-likeness (QED) is 0.471. The first kappa shape index (κ1) is 25.4. The first-order valence-corrected chi connectivity index (χ1v) is 13.8. The first-order valence-electron chi connectivity index (χ1n) is 10.6. The summed E-state index contributed by atoms with van der Waals surface area (Å²) in [5.41, 5.74) is 0.191. The number of likely N-dealkylation sites (tertiary alicyclic amines) is 1. The Hall–Kier alpha value is -2.22. The fourth-order valence-electron chi connectivity index (χ4n) is 3.87. The van der Waals surface area contributed by atoms with Crippen LogP contribution < -0.4 is 4.31 Å². The number of methoxy groups -OCH3 is 1. The summed E-state index contributed by atoms with van der Waals surface area (Å²) in [5, 5.41) is 0. The van der Waals surface area contributed by atoms with Gasteiger partial charge in [0.15, 0.2) is 0 Å². The average Bonchev–Trinajstić information content (AvgIpc) is 2.82. The van der Waals surface area contributed by atoms with Crippen molar-refractivity contribution in [1.82, 2.24) is 9.21 Å². The van der Waals surface area contributed by atoms with Gasteiger partial charge in [0.2, 0.25) is 26.0 Å². The molecule has 0 aromatic heterocycles. The number of rotatable bonds is 7. The van der Waals surface area contributed by atoms with Crippen LogP contribution in [0.5, 0.6) is 0 Å². The van der Waals surface area contributed by atoms with Gasteiger partial charge in [-0.15, -0.1) is 0 Å². The van der Waals surface area contributed by atoms with Crippen molar-refractivity contribution in [2.75, 3.05) is 63.6 Å². The zero-order valence-electron chi connectivity index (χ0n) is 18.7. The number of anilines is 1. The maximum absolute atomic E-state index is 12.8. The van der Waals surface area contributed by atoms with Crippen molar-refractivity contribution in [3.63, 3.8) is 0 Å². The molecule has 0 atom stereocenters. The van der Waals surface area contributed by atoms with Crippen molar-refractivity contribution in [2.45, 2.75) is 17.7 Å². The second kappa shape index (κ2) is 10.4. The van der Waals surface area contributed by atoms with Gasteiger partial charge in [0, 0.05) is 26.2 Å². The zero-order valence-corrected chi connectivity index (χ0v) is 20.3. The van der Waals surface area contributed by atoms with Gasteiger partial charge < -0.3 is 14.4 Å². The summed E-state index contributed by atoms with van der Waals surface area (Å²) < 4.78 is 62.6. The van der Waals surface area contributed by atoms with Crippen LogP contribution in [-0.2, 0) is 39.1 Å². The summed E-state index contributed by atoms with van der Waals surface area (Å²) in [6, 6.07) is 5.44. The highest BCUT2D eigenvalue weighted by Gasteiger charge is 2.31. The van der Waals surface area contributed by atoms with Crippen LogP contribution in [0.3, 0.4) is 0 Å². The van der Waals surface area contributed by atoms with Gasteiger partial charge in [-0.05, 0) is 37.1 Å². The largest absolute Gasteiger partial charge is 0.469 e. The monoisotopic (exact) mass is 503 g/mol. The van der Waals surface area contributed by atoms with E-state index in [1.807, 2.05) is 0 Å². The summed E-state index contributed by atoms with van der Waals surface area (Å²) in [6.07, 6.45) is 1.89. The Labute approximate surface area is 194 Å². The second-order valence-corrected chi connectivity index (χ2v) is 11.8. The van der Waals surface area contributed by atoms with Crippen LogP contribution in [-0.4, -0.2) is 97.2 Å². The van der Waals surface area contributed by atoms with Crippen LogP contribution in [0.4, 0.5) is 5.69 Å². The number of carbonyl (C=O) groups is 2. The van der Waals surface area contributed by atoms with Crippen molar-refractivity contribution in [3.05, 3.63) is 24.3 Å². The molecule has 0 unspecified atom stereocenters. The minimum Gasteiger partial charge on any atom is -0.469 e. The Balaban J connectivity index is 1.72. The van der Waals surface area contributed by atoms with E-state index in [-0.39, 0.29) is 35.6 Å². The van der Waals surface area contributed by atoms with Crippen LogP contribution in [0, 0.1) is 5.92 Å². The molecule has 2 saturated heterocycles. The molecule has 3 rings (SSSR count). The van der Waals surface area contributed by atoms with Crippen LogP contribution in [0.25, 0.3) is 0 Å². The van der Waals surface area contributed by atoms with Crippen LogP contribution >= 0.6 is 0 Å². The summed E-state index contributed by atoms with van der Waals surface area (Å²) in [5.74, 6) is -0.980. The van der Waals surface area contributed by atoms with E-state index in [0.717, 1.165) is 10.6 Å². The number of carbonyl (C=O) groups excluding carboxylic acids is 2. The van der Waals surface area contributed by atoms with Crippen molar-refractivity contribution in [1.29, 1.82) is 0 Å². The van der Waals surface area contributed by atoms with Gasteiger partial charge in [-0.1, -0.05) is 0 Å². The third-order valence-electron chi connectivity index (χ3n) is 5.79. The molecule has 184 valence electrons. The van der Waals surface area contributed by atoms with Crippen LogP contribution in [0.2, 0.25) is 0 Å². The topological polar surface area (TPSA) is 131 Å². The van der Waals surface area contributed by atoms with Gasteiger partial charge in [-0.3, -0.25) is 13.9 Å². The molecule has 0 bridgehead atoms. The fourth-order valence-corrected chi connectivity index (χ4v) is 6.13. The number of morpholine rings is 1. The van der Waals surface area contributed by atoms with Crippen molar-refractivity contribution >= 4 is 37.6 Å². The van der Waals surface area contributed by atoms with Crippen LogP contribution in [0.1, 0.15) is 12.8 Å². The predicted octanol–water partition coefficient (Wildman–Crippen LogP) is -0.115. The molecular weight excluding hydrogens is 474 g/mol. The smallest absolute Gasteiger partial charge is 0.308 e. The molecule has 0 saturated carbocycles. The highest BCUT2D eigenvalue weighted by molar-refractivity contribution is 7.92. The zero-order chi connectivity index (χ0) is 24.2. The molecule has 0 N–H and O–H groups in total. The van der Waals surface area contributed by atoms with Gasteiger partial charge in [0.1, 0.15) is 6.54 Å². The third kappa shape index (κ3) is 6.02. The number of ether oxygens (including phenoxy) is 2. The summed E-state index contributed by atoms with van der Waals surface area (Å²) in [6.45, 7) is 1.37. The molecule has 1 aromatic carbocycles. The van der Waals surface area contributed by atoms with E-state index < -0.39 is 32.5 Å². The Morgan fingerprint density at radius 3 is 2.12 bits per heavy atom. The Morgan fingerprint density at radius 1 is 1.03 bits per heavy atom. The Bertz CT molecular complexity index is 1060. The fraction of sp³-hybridized carbons (Fsp3) is 0.600. The lowest BCUT2D eigenvalue weighted by molar-refractivity contribution is -0.148. The molecule has 2 aliphatic heterocycles. The number of hydrogen-bond acceptors (Lipinski definition) is 8. The molecule has 11 nitrogen and oxygen atoms in total. The van der Waals surface area contributed by atoms with Gasteiger partial charge in [-0.2, -0.15) is 4.31 Å².